The molecule has 1 rings (SSSR count). The zero-order valence-corrected chi connectivity index (χ0v) is 8.08. The molecular weight excluding hydrogens is 162 g/mol. The predicted molar refractivity (Wildman–Crippen MR) is 53.5 cm³/mol. The van der Waals surface area contributed by atoms with Gasteiger partial charge in [0.15, 0.2) is 5.78 Å². The summed E-state index contributed by atoms with van der Waals surface area (Å²) in [6.45, 7) is 3.73. The minimum atomic E-state index is -0.361. The summed E-state index contributed by atoms with van der Waals surface area (Å²) in [4.78, 5) is 11.3. The lowest BCUT2D eigenvalue weighted by atomic mass is 10.0. The molecule has 0 bridgehead atoms. The van der Waals surface area contributed by atoms with Crippen LogP contribution in [0.3, 0.4) is 0 Å². The molecule has 1 aromatic rings. The summed E-state index contributed by atoms with van der Waals surface area (Å²) in [6, 6.07) is 7.58. The maximum absolute atomic E-state index is 11.3. The fourth-order valence-electron chi connectivity index (χ4n) is 1.18. The van der Waals surface area contributed by atoms with Crippen molar-refractivity contribution in [1.29, 1.82) is 0 Å². The van der Waals surface area contributed by atoms with Crippen molar-refractivity contribution < 1.29 is 4.79 Å². The van der Waals surface area contributed by atoms with Crippen molar-refractivity contribution in [1.82, 2.24) is 0 Å². The first kappa shape index (κ1) is 9.93. The molecule has 0 radical (unpaired) electrons. The second-order valence-corrected chi connectivity index (χ2v) is 3.42. The van der Waals surface area contributed by atoms with Gasteiger partial charge in [-0.05, 0) is 19.4 Å². The second-order valence-electron chi connectivity index (χ2n) is 3.42. The number of benzene rings is 1. The molecule has 0 fully saturated rings. The summed E-state index contributed by atoms with van der Waals surface area (Å²) in [5.41, 5.74) is 7.69. The van der Waals surface area contributed by atoms with Gasteiger partial charge in [0, 0.05) is 6.42 Å². The molecule has 0 aliphatic carbocycles. The lowest BCUT2D eigenvalue weighted by Gasteiger charge is -2.04. The Bertz CT molecular complexity index is 305. The SMILES string of the molecule is Cc1cccc(CC(=O)C(C)N)c1. The Hall–Kier alpha value is -1.15. The number of Topliss-reactive ketones (excluding diaryl/α,β-unsaturated/α-hetero) is 1. The molecular formula is C11H15NO. The number of aryl methyl sites for hydroxylation is 1. The zero-order chi connectivity index (χ0) is 9.84. The summed E-state index contributed by atoms with van der Waals surface area (Å²) in [6.07, 6.45) is 0.444. The Morgan fingerprint density at radius 2 is 2.23 bits per heavy atom. The number of carbonyl (C=O) groups is 1. The van der Waals surface area contributed by atoms with Gasteiger partial charge in [0.2, 0.25) is 0 Å². The fourth-order valence-corrected chi connectivity index (χ4v) is 1.18. The van der Waals surface area contributed by atoms with Gasteiger partial charge in [-0.3, -0.25) is 4.79 Å². The Balaban J connectivity index is 2.69. The molecule has 0 aliphatic rings. The average molecular weight is 177 g/mol. The van der Waals surface area contributed by atoms with E-state index in [1.54, 1.807) is 6.92 Å². The molecule has 0 amide bonds. The normalized spacial score (nSPS) is 12.5. The van der Waals surface area contributed by atoms with Crippen LogP contribution in [0, 0.1) is 6.92 Å². The number of hydrogen-bond donors (Lipinski definition) is 1. The zero-order valence-electron chi connectivity index (χ0n) is 8.08. The first-order valence-corrected chi connectivity index (χ1v) is 4.43. The van der Waals surface area contributed by atoms with Crippen LogP contribution in [0.5, 0.6) is 0 Å². The van der Waals surface area contributed by atoms with Crippen LogP contribution in [0.15, 0.2) is 24.3 Å². The molecule has 13 heavy (non-hydrogen) atoms. The fraction of sp³-hybridized carbons (Fsp3) is 0.364. The monoisotopic (exact) mass is 177 g/mol. The minimum absolute atomic E-state index is 0.0885. The van der Waals surface area contributed by atoms with Crippen molar-refractivity contribution in [3.8, 4) is 0 Å². The molecule has 2 N–H and O–H groups in total. The lowest BCUT2D eigenvalue weighted by Crippen LogP contribution is -2.28. The molecule has 0 saturated heterocycles. The molecule has 2 nitrogen and oxygen atoms in total. The van der Waals surface area contributed by atoms with Crippen molar-refractivity contribution in [2.45, 2.75) is 26.3 Å². The van der Waals surface area contributed by atoms with E-state index in [2.05, 4.69) is 0 Å². The maximum atomic E-state index is 11.3. The third-order valence-electron chi connectivity index (χ3n) is 1.97. The van der Waals surface area contributed by atoms with Gasteiger partial charge in [0.05, 0.1) is 6.04 Å². The molecule has 70 valence electrons. The molecule has 0 aliphatic heterocycles. The standard InChI is InChI=1S/C11H15NO/c1-8-4-3-5-10(6-8)7-11(13)9(2)12/h3-6,9H,7,12H2,1-2H3. The molecule has 0 spiro atoms. The Kier molecular flexibility index (Phi) is 3.20. The van der Waals surface area contributed by atoms with Crippen LogP contribution in [-0.2, 0) is 11.2 Å². The van der Waals surface area contributed by atoms with Crippen molar-refractivity contribution in [2.75, 3.05) is 0 Å². The first-order valence-electron chi connectivity index (χ1n) is 4.43. The van der Waals surface area contributed by atoms with Gasteiger partial charge >= 0.3 is 0 Å². The lowest BCUT2D eigenvalue weighted by molar-refractivity contribution is -0.119. The van der Waals surface area contributed by atoms with E-state index in [0.29, 0.717) is 6.42 Å². The quantitative estimate of drug-likeness (QED) is 0.759. The second kappa shape index (κ2) is 4.19. The highest BCUT2D eigenvalue weighted by Crippen LogP contribution is 2.05. The van der Waals surface area contributed by atoms with Crippen molar-refractivity contribution >= 4 is 5.78 Å². The molecule has 0 aromatic heterocycles. The van der Waals surface area contributed by atoms with E-state index in [0.717, 1.165) is 5.56 Å². The minimum Gasteiger partial charge on any atom is -0.322 e. The van der Waals surface area contributed by atoms with Crippen LogP contribution in [0.25, 0.3) is 0 Å². The summed E-state index contributed by atoms with van der Waals surface area (Å²) >= 11 is 0. The molecule has 1 atom stereocenters. The summed E-state index contributed by atoms with van der Waals surface area (Å²) in [5, 5.41) is 0. The van der Waals surface area contributed by atoms with E-state index in [1.165, 1.54) is 5.56 Å². The van der Waals surface area contributed by atoms with Gasteiger partial charge in [0.1, 0.15) is 0 Å². The molecule has 1 aromatic carbocycles. The van der Waals surface area contributed by atoms with Crippen LogP contribution < -0.4 is 5.73 Å². The highest BCUT2D eigenvalue weighted by molar-refractivity contribution is 5.85. The van der Waals surface area contributed by atoms with E-state index in [1.807, 2.05) is 31.2 Å². The first-order chi connectivity index (χ1) is 6.09. The van der Waals surface area contributed by atoms with Crippen LogP contribution in [0.2, 0.25) is 0 Å². The molecule has 0 heterocycles. The predicted octanol–water partition coefficient (Wildman–Crippen LogP) is 1.45. The van der Waals surface area contributed by atoms with Crippen LogP contribution in [0.4, 0.5) is 0 Å². The van der Waals surface area contributed by atoms with Gasteiger partial charge in [-0.25, -0.2) is 0 Å². The topological polar surface area (TPSA) is 43.1 Å². The summed E-state index contributed by atoms with van der Waals surface area (Å²) in [7, 11) is 0. The van der Waals surface area contributed by atoms with Crippen LogP contribution >= 0.6 is 0 Å². The Labute approximate surface area is 78.8 Å². The molecule has 1 unspecified atom stereocenters. The third-order valence-corrected chi connectivity index (χ3v) is 1.97. The van der Waals surface area contributed by atoms with Crippen LogP contribution in [-0.4, -0.2) is 11.8 Å². The summed E-state index contributed by atoms with van der Waals surface area (Å²) < 4.78 is 0. The van der Waals surface area contributed by atoms with Gasteiger partial charge < -0.3 is 5.73 Å². The van der Waals surface area contributed by atoms with E-state index in [-0.39, 0.29) is 11.8 Å². The highest BCUT2D eigenvalue weighted by Gasteiger charge is 2.07. The smallest absolute Gasteiger partial charge is 0.153 e. The highest BCUT2D eigenvalue weighted by atomic mass is 16.1. The molecule has 2 heteroatoms. The van der Waals surface area contributed by atoms with E-state index < -0.39 is 0 Å². The van der Waals surface area contributed by atoms with Crippen LogP contribution in [0.1, 0.15) is 18.1 Å². The number of ketones is 1. The van der Waals surface area contributed by atoms with E-state index >= 15 is 0 Å². The van der Waals surface area contributed by atoms with E-state index in [4.69, 9.17) is 5.73 Å². The number of rotatable bonds is 3. The average Bonchev–Trinajstić information content (AvgIpc) is 2.04. The molecule has 0 saturated carbocycles. The largest absolute Gasteiger partial charge is 0.322 e. The van der Waals surface area contributed by atoms with Gasteiger partial charge in [0.25, 0.3) is 0 Å². The van der Waals surface area contributed by atoms with Gasteiger partial charge in [-0.1, -0.05) is 29.8 Å². The number of carbonyl (C=O) groups excluding carboxylic acids is 1. The van der Waals surface area contributed by atoms with Gasteiger partial charge in [-0.2, -0.15) is 0 Å². The van der Waals surface area contributed by atoms with Crippen molar-refractivity contribution in [3.05, 3.63) is 35.4 Å². The van der Waals surface area contributed by atoms with Crippen molar-refractivity contribution in [2.24, 2.45) is 5.73 Å². The van der Waals surface area contributed by atoms with E-state index in [9.17, 15) is 4.79 Å². The van der Waals surface area contributed by atoms with Gasteiger partial charge in [-0.15, -0.1) is 0 Å². The number of hydrogen-bond acceptors (Lipinski definition) is 2. The Morgan fingerprint density at radius 3 is 2.77 bits per heavy atom. The van der Waals surface area contributed by atoms with Crippen molar-refractivity contribution in [3.63, 3.8) is 0 Å². The maximum Gasteiger partial charge on any atom is 0.153 e. The number of nitrogens with two attached hydrogens (primary N) is 1. The Morgan fingerprint density at radius 1 is 1.54 bits per heavy atom. The summed E-state index contributed by atoms with van der Waals surface area (Å²) in [5.74, 6) is 0.0885. The third kappa shape index (κ3) is 2.99.